The van der Waals surface area contributed by atoms with Gasteiger partial charge in [-0.3, -0.25) is 0 Å². The molecule has 0 aliphatic carbocycles. The zero-order valence-electron chi connectivity index (χ0n) is 8.69. The molecular weight excluding hydrogens is 192 g/mol. The van der Waals surface area contributed by atoms with Crippen molar-refractivity contribution >= 4 is 0 Å². The Balaban J connectivity index is 2.84. The van der Waals surface area contributed by atoms with Crippen molar-refractivity contribution in [3.8, 4) is 17.6 Å². The SMILES string of the molecule is COc1cc(CCN)ccc1OCC#N. The normalized spacial score (nSPS) is 9.40. The summed E-state index contributed by atoms with van der Waals surface area (Å²) in [5.41, 5.74) is 6.55. The third-order valence-electron chi connectivity index (χ3n) is 1.95. The lowest BCUT2D eigenvalue weighted by Gasteiger charge is -2.09. The molecule has 0 saturated carbocycles. The Labute approximate surface area is 89.2 Å². The highest BCUT2D eigenvalue weighted by Gasteiger charge is 2.04. The van der Waals surface area contributed by atoms with E-state index in [0.29, 0.717) is 18.0 Å². The Hall–Kier alpha value is -1.73. The molecule has 1 aromatic rings. The number of hydrogen-bond donors (Lipinski definition) is 1. The van der Waals surface area contributed by atoms with E-state index in [0.717, 1.165) is 12.0 Å². The maximum absolute atomic E-state index is 8.40. The monoisotopic (exact) mass is 206 g/mol. The average Bonchev–Trinajstić information content (AvgIpc) is 2.27. The van der Waals surface area contributed by atoms with Gasteiger partial charge in [0.1, 0.15) is 6.07 Å². The van der Waals surface area contributed by atoms with E-state index in [9.17, 15) is 0 Å². The summed E-state index contributed by atoms with van der Waals surface area (Å²) in [4.78, 5) is 0. The summed E-state index contributed by atoms with van der Waals surface area (Å²) in [5.74, 6) is 1.22. The molecule has 0 saturated heterocycles. The van der Waals surface area contributed by atoms with Gasteiger partial charge >= 0.3 is 0 Å². The highest BCUT2D eigenvalue weighted by Crippen LogP contribution is 2.27. The van der Waals surface area contributed by atoms with Crippen LogP contribution < -0.4 is 15.2 Å². The van der Waals surface area contributed by atoms with Gasteiger partial charge in [0.2, 0.25) is 0 Å². The van der Waals surface area contributed by atoms with Crippen molar-refractivity contribution in [3.63, 3.8) is 0 Å². The van der Waals surface area contributed by atoms with Crippen molar-refractivity contribution in [2.24, 2.45) is 5.73 Å². The van der Waals surface area contributed by atoms with Gasteiger partial charge in [0.05, 0.1) is 7.11 Å². The minimum absolute atomic E-state index is 0.0204. The first-order valence-corrected chi connectivity index (χ1v) is 4.68. The molecule has 80 valence electrons. The number of ether oxygens (including phenoxy) is 2. The number of nitriles is 1. The van der Waals surface area contributed by atoms with Crippen LogP contribution in [0.25, 0.3) is 0 Å². The van der Waals surface area contributed by atoms with Crippen LogP contribution in [0.2, 0.25) is 0 Å². The molecule has 1 aromatic carbocycles. The van der Waals surface area contributed by atoms with Gasteiger partial charge in [-0.2, -0.15) is 5.26 Å². The van der Waals surface area contributed by atoms with Crippen LogP contribution in [0, 0.1) is 11.3 Å². The maximum Gasteiger partial charge on any atom is 0.174 e. The average molecular weight is 206 g/mol. The molecule has 4 nitrogen and oxygen atoms in total. The number of benzene rings is 1. The Morgan fingerprint density at radius 2 is 2.20 bits per heavy atom. The molecule has 0 radical (unpaired) electrons. The molecule has 0 amide bonds. The molecule has 0 bridgehead atoms. The number of nitrogens with two attached hydrogens (primary N) is 1. The van der Waals surface area contributed by atoms with Crippen LogP contribution in [0.4, 0.5) is 0 Å². The second-order valence-electron chi connectivity index (χ2n) is 2.97. The first-order valence-electron chi connectivity index (χ1n) is 4.68. The molecule has 0 aliphatic rings. The maximum atomic E-state index is 8.40. The molecule has 15 heavy (non-hydrogen) atoms. The van der Waals surface area contributed by atoms with Gasteiger partial charge in [-0.1, -0.05) is 6.07 Å². The lowest BCUT2D eigenvalue weighted by molar-refractivity contribution is 0.329. The molecule has 0 heterocycles. The fourth-order valence-electron chi connectivity index (χ4n) is 1.26. The molecule has 0 aromatic heterocycles. The third kappa shape index (κ3) is 3.15. The highest BCUT2D eigenvalue weighted by molar-refractivity contribution is 5.43. The van der Waals surface area contributed by atoms with Gasteiger partial charge in [0, 0.05) is 0 Å². The van der Waals surface area contributed by atoms with Gasteiger partial charge in [-0.15, -0.1) is 0 Å². The Morgan fingerprint density at radius 1 is 1.40 bits per heavy atom. The van der Waals surface area contributed by atoms with E-state index < -0.39 is 0 Å². The van der Waals surface area contributed by atoms with E-state index >= 15 is 0 Å². The lowest BCUT2D eigenvalue weighted by atomic mass is 10.1. The highest BCUT2D eigenvalue weighted by atomic mass is 16.5. The first-order chi connectivity index (χ1) is 7.31. The Morgan fingerprint density at radius 3 is 2.80 bits per heavy atom. The summed E-state index contributed by atoms with van der Waals surface area (Å²) in [5, 5.41) is 8.40. The Bertz CT molecular complexity index is 358. The molecule has 1 rings (SSSR count). The lowest BCUT2D eigenvalue weighted by Crippen LogP contribution is -2.03. The second kappa shape index (κ2) is 5.89. The largest absolute Gasteiger partial charge is 0.493 e. The van der Waals surface area contributed by atoms with Gasteiger partial charge in [-0.05, 0) is 30.7 Å². The van der Waals surface area contributed by atoms with Gasteiger partial charge in [0.25, 0.3) is 0 Å². The van der Waals surface area contributed by atoms with Crippen molar-refractivity contribution in [1.29, 1.82) is 5.26 Å². The fourth-order valence-corrected chi connectivity index (χ4v) is 1.26. The minimum Gasteiger partial charge on any atom is -0.493 e. The van der Waals surface area contributed by atoms with E-state index in [4.69, 9.17) is 20.5 Å². The quantitative estimate of drug-likeness (QED) is 0.783. The van der Waals surface area contributed by atoms with Crippen molar-refractivity contribution in [3.05, 3.63) is 23.8 Å². The van der Waals surface area contributed by atoms with Gasteiger partial charge in [0.15, 0.2) is 18.1 Å². The molecule has 0 unspecified atom stereocenters. The van der Waals surface area contributed by atoms with Crippen molar-refractivity contribution in [1.82, 2.24) is 0 Å². The van der Waals surface area contributed by atoms with Crippen LogP contribution >= 0.6 is 0 Å². The van der Waals surface area contributed by atoms with Crippen molar-refractivity contribution in [2.75, 3.05) is 20.3 Å². The van der Waals surface area contributed by atoms with Crippen molar-refractivity contribution in [2.45, 2.75) is 6.42 Å². The molecule has 0 atom stereocenters. The summed E-state index contributed by atoms with van der Waals surface area (Å²) in [7, 11) is 1.57. The predicted molar refractivity (Wildman–Crippen MR) is 56.9 cm³/mol. The molecular formula is C11H14N2O2. The topological polar surface area (TPSA) is 68.3 Å². The minimum atomic E-state index is 0.0204. The summed E-state index contributed by atoms with van der Waals surface area (Å²) < 4.78 is 10.3. The summed E-state index contributed by atoms with van der Waals surface area (Å²) in [6.07, 6.45) is 0.800. The van der Waals surface area contributed by atoms with E-state index in [1.54, 1.807) is 13.2 Å². The standard InChI is InChI=1S/C11H14N2O2/c1-14-11-8-9(4-5-12)2-3-10(11)15-7-6-13/h2-3,8H,4-5,7,12H2,1H3. The first kappa shape index (κ1) is 11.3. The smallest absolute Gasteiger partial charge is 0.174 e. The second-order valence-corrected chi connectivity index (χ2v) is 2.97. The van der Waals surface area contributed by atoms with Crippen LogP contribution in [-0.4, -0.2) is 20.3 Å². The fraction of sp³-hybridized carbons (Fsp3) is 0.364. The van der Waals surface area contributed by atoms with Crippen LogP contribution in [0.3, 0.4) is 0 Å². The summed E-state index contributed by atoms with van der Waals surface area (Å²) >= 11 is 0. The van der Waals surface area contributed by atoms with Gasteiger partial charge < -0.3 is 15.2 Å². The van der Waals surface area contributed by atoms with Crippen molar-refractivity contribution < 1.29 is 9.47 Å². The molecule has 2 N–H and O–H groups in total. The molecule has 0 spiro atoms. The number of methoxy groups -OCH3 is 1. The number of nitrogens with zero attached hydrogens (tertiary/aromatic N) is 1. The summed E-state index contributed by atoms with van der Waals surface area (Å²) in [6.45, 7) is 0.619. The number of hydrogen-bond acceptors (Lipinski definition) is 4. The van der Waals surface area contributed by atoms with Crippen LogP contribution in [0.15, 0.2) is 18.2 Å². The summed E-state index contributed by atoms with van der Waals surface area (Å²) in [6, 6.07) is 7.50. The van der Waals surface area contributed by atoms with Crippen LogP contribution in [-0.2, 0) is 6.42 Å². The van der Waals surface area contributed by atoms with E-state index in [1.165, 1.54) is 0 Å². The third-order valence-corrected chi connectivity index (χ3v) is 1.95. The Kier molecular flexibility index (Phi) is 4.45. The van der Waals surface area contributed by atoms with Gasteiger partial charge in [-0.25, -0.2) is 0 Å². The predicted octanol–water partition coefficient (Wildman–Crippen LogP) is 1.10. The van der Waals surface area contributed by atoms with Crippen LogP contribution in [0.5, 0.6) is 11.5 Å². The molecule has 0 fully saturated rings. The zero-order chi connectivity index (χ0) is 11.1. The zero-order valence-corrected chi connectivity index (χ0v) is 8.69. The number of rotatable bonds is 5. The van der Waals surface area contributed by atoms with Crippen LogP contribution in [0.1, 0.15) is 5.56 Å². The van der Waals surface area contributed by atoms with E-state index in [1.807, 2.05) is 18.2 Å². The molecule has 0 aliphatic heterocycles. The van der Waals surface area contributed by atoms with E-state index in [-0.39, 0.29) is 6.61 Å². The van der Waals surface area contributed by atoms with E-state index in [2.05, 4.69) is 0 Å². The molecule has 4 heteroatoms.